The van der Waals surface area contributed by atoms with E-state index in [-0.39, 0.29) is 17.4 Å². The molecule has 1 saturated heterocycles. The summed E-state index contributed by atoms with van der Waals surface area (Å²) in [7, 11) is 0. The predicted octanol–water partition coefficient (Wildman–Crippen LogP) is 1.53. The largest absolute Gasteiger partial charge is 0.481 e. The van der Waals surface area contributed by atoms with Crippen LogP contribution >= 0.6 is 0 Å². The van der Waals surface area contributed by atoms with Gasteiger partial charge in [0.25, 0.3) is 0 Å². The van der Waals surface area contributed by atoms with Gasteiger partial charge in [-0.3, -0.25) is 9.59 Å². The van der Waals surface area contributed by atoms with E-state index in [0.717, 1.165) is 51.5 Å². The van der Waals surface area contributed by atoms with E-state index in [9.17, 15) is 9.59 Å². The van der Waals surface area contributed by atoms with Crippen LogP contribution in [0, 0.1) is 11.8 Å². The molecule has 2 rings (SSSR count). The zero-order valence-electron chi connectivity index (χ0n) is 12.3. The monoisotopic (exact) mass is 282 g/mol. The number of rotatable bonds is 5. The summed E-state index contributed by atoms with van der Waals surface area (Å²) in [4.78, 5) is 23.2. The molecule has 0 bridgehead atoms. The number of carboxylic acids is 1. The summed E-state index contributed by atoms with van der Waals surface area (Å²) in [6.45, 7) is 3.66. The van der Waals surface area contributed by atoms with Crippen LogP contribution in [0.2, 0.25) is 0 Å². The molecule has 1 saturated carbocycles. The lowest BCUT2D eigenvalue weighted by atomic mass is 9.82. The maximum atomic E-state index is 12.3. The summed E-state index contributed by atoms with van der Waals surface area (Å²) >= 11 is 0. The summed E-state index contributed by atoms with van der Waals surface area (Å²) in [5, 5.41) is 15.4. The van der Waals surface area contributed by atoms with Crippen LogP contribution in [0.4, 0.5) is 0 Å². The van der Waals surface area contributed by atoms with Crippen molar-refractivity contribution in [3.63, 3.8) is 0 Å². The highest BCUT2D eigenvalue weighted by atomic mass is 16.4. The molecule has 0 aromatic rings. The SMILES string of the molecule is CCC1(C(=O)NCC2CCC(C(=O)O)CC2)CCCN1. The summed E-state index contributed by atoms with van der Waals surface area (Å²) in [6, 6.07) is 0. The van der Waals surface area contributed by atoms with Crippen LogP contribution in [-0.2, 0) is 9.59 Å². The van der Waals surface area contributed by atoms with Crippen LogP contribution in [0.3, 0.4) is 0 Å². The van der Waals surface area contributed by atoms with Gasteiger partial charge in [-0.15, -0.1) is 0 Å². The zero-order chi connectivity index (χ0) is 14.6. The highest BCUT2D eigenvalue weighted by Gasteiger charge is 2.39. The van der Waals surface area contributed by atoms with Gasteiger partial charge in [0.15, 0.2) is 0 Å². The minimum absolute atomic E-state index is 0.123. The lowest BCUT2D eigenvalue weighted by molar-refractivity contribution is -0.143. The zero-order valence-corrected chi connectivity index (χ0v) is 12.3. The molecule has 5 heteroatoms. The van der Waals surface area contributed by atoms with Gasteiger partial charge in [-0.25, -0.2) is 0 Å². The van der Waals surface area contributed by atoms with Crippen molar-refractivity contribution in [3.8, 4) is 0 Å². The van der Waals surface area contributed by atoms with E-state index in [0.29, 0.717) is 12.5 Å². The Hall–Kier alpha value is -1.10. The summed E-state index contributed by atoms with van der Waals surface area (Å²) < 4.78 is 0. The molecule has 1 heterocycles. The fourth-order valence-corrected chi connectivity index (χ4v) is 3.48. The van der Waals surface area contributed by atoms with E-state index in [1.807, 2.05) is 0 Å². The maximum Gasteiger partial charge on any atom is 0.306 e. The van der Waals surface area contributed by atoms with E-state index >= 15 is 0 Å². The molecule has 114 valence electrons. The molecule has 2 aliphatic rings. The highest BCUT2D eigenvalue weighted by molar-refractivity contribution is 5.86. The van der Waals surface area contributed by atoms with Gasteiger partial charge in [-0.05, 0) is 57.4 Å². The number of amides is 1. The molecule has 5 nitrogen and oxygen atoms in total. The molecule has 0 radical (unpaired) electrons. The van der Waals surface area contributed by atoms with E-state index in [2.05, 4.69) is 17.6 Å². The van der Waals surface area contributed by atoms with E-state index in [1.165, 1.54) is 0 Å². The molecule has 2 fully saturated rings. The van der Waals surface area contributed by atoms with Crippen LogP contribution in [0.5, 0.6) is 0 Å². The minimum Gasteiger partial charge on any atom is -0.481 e. The summed E-state index contributed by atoms with van der Waals surface area (Å²) in [6.07, 6.45) is 6.10. The molecule has 0 spiro atoms. The second kappa shape index (κ2) is 6.57. The third-order valence-electron chi connectivity index (χ3n) is 5.03. The molecule has 1 aliphatic heterocycles. The van der Waals surface area contributed by atoms with E-state index in [1.54, 1.807) is 0 Å². The van der Waals surface area contributed by atoms with Crippen molar-refractivity contribution in [1.29, 1.82) is 0 Å². The Morgan fingerprint density at radius 1 is 1.30 bits per heavy atom. The first-order chi connectivity index (χ1) is 9.57. The van der Waals surface area contributed by atoms with Gasteiger partial charge in [0, 0.05) is 6.54 Å². The van der Waals surface area contributed by atoms with Gasteiger partial charge in [-0.1, -0.05) is 6.92 Å². The maximum absolute atomic E-state index is 12.3. The van der Waals surface area contributed by atoms with Gasteiger partial charge in [-0.2, -0.15) is 0 Å². The van der Waals surface area contributed by atoms with Crippen LogP contribution < -0.4 is 10.6 Å². The Morgan fingerprint density at radius 3 is 2.50 bits per heavy atom. The van der Waals surface area contributed by atoms with Crippen LogP contribution in [0.25, 0.3) is 0 Å². The average molecular weight is 282 g/mol. The van der Waals surface area contributed by atoms with Crippen molar-refractivity contribution in [1.82, 2.24) is 10.6 Å². The van der Waals surface area contributed by atoms with Crippen molar-refractivity contribution < 1.29 is 14.7 Å². The van der Waals surface area contributed by atoms with E-state index < -0.39 is 5.97 Å². The van der Waals surface area contributed by atoms with Gasteiger partial charge in [0.2, 0.25) is 5.91 Å². The molecule has 0 aromatic heterocycles. The predicted molar refractivity (Wildman–Crippen MR) is 76.4 cm³/mol. The van der Waals surface area contributed by atoms with Crippen LogP contribution in [0.15, 0.2) is 0 Å². The third-order valence-corrected chi connectivity index (χ3v) is 5.03. The van der Waals surface area contributed by atoms with Gasteiger partial charge in [0.05, 0.1) is 11.5 Å². The third kappa shape index (κ3) is 3.32. The second-order valence-electron chi connectivity index (χ2n) is 6.23. The fraction of sp³-hybridized carbons (Fsp3) is 0.867. The number of carbonyl (C=O) groups is 2. The Balaban J connectivity index is 1.76. The number of carbonyl (C=O) groups excluding carboxylic acids is 1. The number of carboxylic acid groups (broad SMARTS) is 1. The molecule has 0 aromatic carbocycles. The van der Waals surface area contributed by atoms with Gasteiger partial charge >= 0.3 is 5.97 Å². The van der Waals surface area contributed by atoms with Gasteiger partial charge < -0.3 is 15.7 Å². The molecule has 1 amide bonds. The minimum atomic E-state index is -0.674. The van der Waals surface area contributed by atoms with E-state index in [4.69, 9.17) is 5.11 Å². The lowest BCUT2D eigenvalue weighted by Gasteiger charge is -2.30. The first-order valence-electron chi connectivity index (χ1n) is 7.83. The molecule has 1 unspecified atom stereocenters. The quantitative estimate of drug-likeness (QED) is 0.714. The van der Waals surface area contributed by atoms with Crippen molar-refractivity contribution in [2.75, 3.05) is 13.1 Å². The van der Waals surface area contributed by atoms with Crippen molar-refractivity contribution in [2.45, 2.75) is 57.4 Å². The topological polar surface area (TPSA) is 78.4 Å². The molecule has 20 heavy (non-hydrogen) atoms. The molecular formula is C15H26N2O3. The van der Waals surface area contributed by atoms with Crippen molar-refractivity contribution in [3.05, 3.63) is 0 Å². The lowest BCUT2D eigenvalue weighted by Crippen LogP contribution is -2.53. The summed E-state index contributed by atoms with van der Waals surface area (Å²) in [5.41, 5.74) is -0.363. The number of hydrogen-bond donors (Lipinski definition) is 3. The smallest absolute Gasteiger partial charge is 0.306 e. The standard InChI is InChI=1S/C15H26N2O3/c1-2-15(8-3-9-17-15)14(20)16-10-11-4-6-12(7-5-11)13(18)19/h11-12,17H,2-10H2,1H3,(H,16,20)(H,18,19). The Labute approximate surface area is 120 Å². The molecule has 1 aliphatic carbocycles. The second-order valence-corrected chi connectivity index (χ2v) is 6.23. The van der Waals surface area contributed by atoms with Gasteiger partial charge in [0.1, 0.15) is 0 Å². The Kier molecular flexibility index (Phi) is 5.02. The molecular weight excluding hydrogens is 256 g/mol. The fourth-order valence-electron chi connectivity index (χ4n) is 3.48. The normalized spacial score (nSPS) is 33.9. The number of nitrogens with one attached hydrogen (secondary N) is 2. The van der Waals surface area contributed by atoms with Crippen molar-refractivity contribution in [2.24, 2.45) is 11.8 Å². The highest BCUT2D eigenvalue weighted by Crippen LogP contribution is 2.29. The first kappa shape index (κ1) is 15.3. The van der Waals surface area contributed by atoms with Crippen LogP contribution in [0.1, 0.15) is 51.9 Å². The first-order valence-corrected chi connectivity index (χ1v) is 7.83. The van der Waals surface area contributed by atoms with Crippen molar-refractivity contribution >= 4 is 11.9 Å². The number of aliphatic carboxylic acids is 1. The Morgan fingerprint density at radius 2 is 2.00 bits per heavy atom. The molecule has 1 atom stereocenters. The Bertz CT molecular complexity index is 356. The number of hydrogen-bond acceptors (Lipinski definition) is 3. The average Bonchev–Trinajstić information content (AvgIpc) is 2.95. The summed E-state index contributed by atoms with van der Waals surface area (Å²) in [5.74, 6) is -0.296. The molecule has 3 N–H and O–H groups in total. The van der Waals surface area contributed by atoms with Crippen LogP contribution in [-0.4, -0.2) is 35.6 Å².